The van der Waals surface area contributed by atoms with Crippen LogP contribution >= 0.6 is 0 Å². The molecule has 0 N–H and O–H groups in total. The molecule has 2 rings (SSSR count). The number of hydrogen-bond donors (Lipinski definition) is 0. The van der Waals surface area contributed by atoms with Crippen molar-refractivity contribution in [3.63, 3.8) is 0 Å². The molecule has 0 bridgehead atoms. The third-order valence-electron chi connectivity index (χ3n) is 2.89. The lowest BCUT2D eigenvalue weighted by Crippen LogP contribution is -2.41. The molecule has 1 aliphatic heterocycles. The van der Waals surface area contributed by atoms with Crippen molar-refractivity contribution in [3.05, 3.63) is 34.1 Å². The lowest BCUT2D eigenvalue weighted by molar-refractivity contribution is -0.387. The summed E-state index contributed by atoms with van der Waals surface area (Å²) < 4.78 is 50.2. The summed E-state index contributed by atoms with van der Waals surface area (Å²) in [5.41, 5.74) is -0.774. The van der Waals surface area contributed by atoms with E-state index in [0.29, 0.717) is 6.07 Å². The Morgan fingerprint density at radius 2 is 1.90 bits per heavy atom. The van der Waals surface area contributed by atoms with Crippen molar-refractivity contribution >= 4 is 26.5 Å². The largest absolute Gasteiger partial charge is 0.304 e. The zero-order valence-corrected chi connectivity index (χ0v) is 11.8. The number of nitro benzene ring substituents is 1. The molecule has 0 aliphatic carbocycles. The number of rotatable bonds is 3. The van der Waals surface area contributed by atoms with Crippen molar-refractivity contribution in [2.45, 2.75) is 4.90 Å². The van der Waals surface area contributed by atoms with Gasteiger partial charge in [-0.1, -0.05) is 0 Å². The molecular formula is C10H11FN2O5S2. The zero-order valence-electron chi connectivity index (χ0n) is 10.2. The first-order valence-electron chi connectivity index (χ1n) is 5.61. The Morgan fingerprint density at radius 1 is 1.30 bits per heavy atom. The van der Waals surface area contributed by atoms with Crippen LogP contribution in [0.25, 0.3) is 0 Å². The Bertz CT molecular complexity index is 666. The van der Waals surface area contributed by atoms with Gasteiger partial charge < -0.3 is 0 Å². The highest BCUT2D eigenvalue weighted by Gasteiger charge is 2.29. The molecule has 0 radical (unpaired) electrons. The minimum Gasteiger partial charge on any atom is -0.259 e. The van der Waals surface area contributed by atoms with Crippen molar-refractivity contribution in [2.24, 2.45) is 0 Å². The Kier molecular flexibility index (Phi) is 4.16. The van der Waals surface area contributed by atoms with Crippen molar-refractivity contribution in [1.29, 1.82) is 0 Å². The summed E-state index contributed by atoms with van der Waals surface area (Å²) in [5, 5.41) is 10.5. The number of nitrogens with zero attached hydrogens (tertiary/aromatic N) is 2. The van der Waals surface area contributed by atoms with Crippen LogP contribution in [-0.4, -0.2) is 46.5 Å². The molecule has 20 heavy (non-hydrogen) atoms. The summed E-state index contributed by atoms with van der Waals surface area (Å²) >= 11 is 0. The SMILES string of the molecule is O=[N+]([O-])c1ccc(S(=O)(=O)N2CCS(=O)CC2)cc1F. The molecule has 7 nitrogen and oxygen atoms in total. The molecule has 1 fully saturated rings. The summed E-state index contributed by atoms with van der Waals surface area (Å²) in [5.74, 6) is -0.736. The smallest absolute Gasteiger partial charge is 0.259 e. The van der Waals surface area contributed by atoms with Crippen LogP contribution in [0.2, 0.25) is 0 Å². The quantitative estimate of drug-likeness (QED) is 0.596. The van der Waals surface area contributed by atoms with Crippen molar-refractivity contribution in [1.82, 2.24) is 4.31 Å². The van der Waals surface area contributed by atoms with Crippen LogP contribution in [0.4, 0.5) is 10.1 Å². The Morgan fingerprint density at radius 3 is 2.40 bits per heavy atom. The van der Waals surface area contributed by atoms with Gasteiger partial charge in [-0.3, -0.25) is 14.3 Å². The number of benzene rings is 1. The third kappa shape index (κ3) is 2.86. The predicted octanol–water partition coefficient (Wildman–Crippen LogP) is 0.487. The Balaban J connectivity index is 2.33. The standard InChI is InChI=1S/C10H11FN2O5S2/c11-9-7-8(1-2-10(9)13(14)15)20(17,18)12-3-5-19(16)6-4-12/h1-2,7H,3-6H2. The molecular weight excluding hydrogens is 311 g/mol. The lowest BCUT2D eigenvalue weighted by Gasteiger charge is -2.25. The molecule has 0 amide bonds. The fraction of sp³-hybridized carbons (Fsp3) is 0.400. The predicted molar refractivity (Wildman–Crippen MR) is 69.7 cm³/mol. The molecule has 0 spiro atoms. The normalized spacial score (nSPS) is 18.1. The second-order valence-corrected chi connectivity index (χ2v) is 7.76. The summed E-state index contributed by atoms with van der Waals surface area (Å²) in [6.45, 7) is 0.182. The highest BCUT2D eigenvalue weighted by Crippen LogP contribution is 2.23. The molecule has 0 aromatic heterocycles. The van der Waals surface area contributed by atoms with E-state index in [0.717, 1.165) is 16.4 Å². The molecule has 1 heterocycles. The van der Waals surface area contributed by atoms with Crippen LogP contribution in [0.3, 0.4) is 0 Å². The van der Waals surface area contributed by atoms with Crippen LogP contribution in [0.1, 0.15) is 0 Å². The third-order valence-corrected chi connectivity index (χ3v) is 6.06. The first kappa shape index (κ1) is 15.0. The van der Waals surface area contributed by atoms with E-state index in [1.165, 1.54) is 0 Å². The van der Waals surface area contributed by atoms with Gasteiger partial charge in [-0.05, 0) is 6.07 Å². The van der Waals surface area contributed by atoms with E-state index >= 15 is 0 Å². The molecule has 10 heteroatoms. The van der Waals surface area contributed by atoms with Crippen LogP contribution in [0.5, 0.6) is 0 Å². The molecule has 0 unspecified atom stereocenters. The number of hydrogen-bond acceptors (Lipinski definition) is 5. The summed E-state index contributed by atoms with van der Waals surface area (Å²) in [6, 6.07) is 2.46. The highest BCUT2D eigenvalue weighted by atomic mass is 32.2. The van der Waals surface area contributed by atoms with Gasteiger partial charge in [0.25, 0.3) is 0 Å². The lowest BCUT2D eigenvalue weighted by atomic mass is 10.3. The second-order valence-electron chi connectivity index (χ2n) is 4.12. The van der Waals surface area contributed by atoms with Gasteiger partial charge in [0.05, 0.1) is 9.82 Å². The Hall–Kier alpha value is -1.39. The maximum Gasteiger partial charge on any atom is 0.304 e. The van der Waals surface area contributed by atoms with Gasteiger partial charge in [-0.25, -0.2) is 8.42 Å². The average molecular weight is 322 g/mol. The van der Waals surface area contributed by atoms with Crippen LogP contribution < -0.4 is 0 Å². The molecule has 1 aromatic rings. The second kappa shape index (κ2) is 5.54. The van der Waals surface area contributed by atoms with E-state index in [4.69, 9.17) is 0 Å². The van der Waals surface area contributed by atoms with E-state index in [1.54, 1.807) is 0 Å². The monoisotopic (exact) mass is 322 g/mol. The summed E-state index contributed by atoms with van der Waals surface area (Å²) in [7, 11) is -4.95. The van der Waals surface area contributed by atoms with Crippen molar-refractivity contribution in [2.75, 3.05) is 24.6 Å². The van der Waals surface area contributed by atoms with Gasteiger partial charge in [0.1, 0.15) is 0 Å². The number of halogens is 1. The fourth-order valence-corrected chi connectivity index (χ4v) is 4.54. The maximum atomic E-state index is 13.5. The minimum atomic E-state index is -3.91. The Labute approximate surface area is 117 Å². The van der Waals surface area contributed by atoms with E-state index in [9.17, 15) is 27.1 Å². The molecule has 0 saturated carbocycles. The van der Waals surface area contributed by atoms with Gasteiger partial charge in [-0.15, -0.1) is 0 Å². The molecule has 1 saturated heterocycles. The first-order chi connectivity index (χ1) is 9.32. The maximum absolute atomic E-state index is 13.5. The molecule has 1 aliphatic rings. The van der Waals surface area contributed by atoms with E-state index in [-0.39, 0.29) is 29.5 Å². The average Bonchev–Trinajstić information content (AvgIpc) is 2.38. The summed E-state index contributed by atoms with van der Waals surface area (Å²) in [6.07, 6.45) is 0. The fourth-order valence-electron chi connectivity index (χ4n) is 1.81. The minimum absolute atomic E-state index is 0.0908. The molecule has 0 atom stereocenters. The van der Waals surface area contributed by atoms with Crippen molar-refractivity contribution in [3.8, 4) is 0 Å². The highest BCUT2D eigenvalue weighted by molar-refractivity contribution is 7.89. The first-order valence-corrected chi connectivity index (χ1v) is 8.54. The van der Waals surface area contributed by atoms with Crippen LogP contribution in [0.15, 0.2) is 23.1 Å². The molecule has 1 aromatic carbocycles. The van der Waals surface area contributed by atoms with E-state index in [1.807, 2.05) is 0 Å². The number of nitro groups is 1. The van der Waals surface area contributed by atoms with Gasteiger partial charge in [0, 0.05) is 47.5 Å². The van der Waals surface area contributed by atoms with Crippen molar-refractivity contribution < 1.29 is 21.9 Å². The van der Waals surface area contributed by atoms with Crippen LogP contribution in [0, 0.1) is 15.9 Å². The summed E-state index contributed by atoms with van der Waals surface area (Å²) in [4.78, 5) is 9.23. The zero-order chi connectivity index (χ0) is 14.9. The van der Waals surface area contributed by atoms with Gasteiger partial charge in [0.2, 0.25) is 15.8 Å². The van der Waals surface area contributed by atoms with Crippen LogP contribution in [-0.2, 0) is 20.8 Å². The molecule has 110 valence electrons. The van der Waals surface area contributed by atoms with E-state index in [2.05, 4.69) is 0 Å². The van der Waals surface area contributed by atoms with Gasteiger partial charge in [0.15, 0.2) is 0 Å². The van der Waals surface area contributed by atoms with E-state index < -0.39 is 37.3 Å². The van der Waals surface area contributed by atoms with Gasteiger partial charge in [-0.2, -0.15) is 8.70 Å². The van der Waals surface area contributed by atoms with Gasteiger partial charge >= 0.3 is 5.69 Å². The topological polar surface area (TPSA) is 97.6 Å². The number of sulfonamides is 1.